The minimum Gasteiger partial charge on any atom is -0.479 e. The van der Waals surface area contributed by atoms with Gasteiger partial charge in [-0.1, -0.05) is 13.8 Å². The second kappa shape index (κ2) is 6.50. The number of hydrogen-bond donors (Lipinski definition) is 2. The van der Waals surface area contributed by atoms with Gasteiger partial charge in [0.15, 0.2) is 5.52 Å². The number of ether oxygens (including phenoxy) is 1. The number of rotatable bonds is 6. The number of aromatic nitrogens is 2. The van der Waals surface area contributed by atoms with E-state index >= 15 is 0 Å². The predicted molar refractivity (Wildman–Crippen MR) is 95.7 cm³/mol. The van der Waals surface area contributed by atoms with Crippen molar-refractivity contribution in [2.75, 3.05) is 6.61 Å². The quantitative estimate of drug-likeness (QED) is 0.559. The maximum atomic E-state index is 12.8. The lowest BCUT2D eigenvalue weighted by Gasteiger charge is -2.58. The summed E-state index contributed by atoms with van der Waals surface area (Å²) in [6.07, 6.45) is -0.212. The summed E-state index contributed by atoms with van der Waals surface area (Å²) in [5.41, 5.74) is -2.48. The highest BCUT2D eigenvalue weighted by atomic mass is 32.1. The van der Waals surface area contributed by atoms with Crippen molar-refractivity contribution in [3.8, 4) is 0 Å². The number of benzene rings is 1. The second-order valence-corrected chi connectivity index (χ2v) is 7.45. The summed E-state index contributed by atoms with van der Waals surface area (Å²) in [7, 11) is 0. The van der Waals surface area contributed by atoms with Crippen LogP contribution in [0.15, 0.2) is 12.1 Å². The Balaban J connectivity index is 1.95. The van der Waals surface area contributed by atoms with Gasteiger partial charge in [0.25, 0.3) is 11.6 Å². The fraction of sp³-hybridized carbons (Fsp3) is 0.500. The molecule has 0 bridgehead atoms. The molecular formula is C16H18N4O6S. The first kappa shape index (κ1) is 19.1. The Morgan fingerprint density at radius 2 is 2.15 bits per heavy atom. The Labute approximate surface area is 158 Å². The third kappa shape index (κ3) is 2.82. The number of hydrogen-bond acceptors (Lipinski definition) is 8. The van der Waals surface area contributed by atoms with Gasteiger partial charge in [-0.3, -0.25) is 14.9 Å². The van der Waals surface area contributed by atoms with E-state index in [1.165, 1.54) is 6.07 Å². The normalized spacial score (nSPS) is 23.6. The van der Waals surface area contributed by atoms with E-state index in [1.807, 2.05) is 6.92 Å². The van der Waals surface area contributed by atoms with Crippen LogP contribution in [0.25, 0.3) is 11.0 Å². The zero-order valence-electron chi connectivity index (χ0n) is 14.9. The summed E-state index contributed by atoms with van der Waals surface area (Å²) >= 11 is 0.797. The van der Waals surface area contributed by atoms with Gasteiger partial charge in [0, 0.05) is 30.1 Å². The Morgan fingerprint density at radius 1 is 1.44 bits per heavy atom. The average molecular weight is 394 g/mol. The van der Waals surface area contributed by atoms with Gasteiger partial charge in [-0.15, -0.1) is 0 Å². The molecule has 0 aliphatic heterocycles. The Hall–Kier alpha value is -2.66. The standard InChI is InChI=1S/C16H18N4O6S/c1-4-26-11-7-16(14(22)23,15(11,2)3)17-13(21)8-5-9-12(19-27-18-9)10(6-8)20(24)25/h5-6,11H,4,7H2,1-3H3,(H,17,21)(H,22,23). The molecule has 1 aromatic carbocycles. The molecule has 1 amide bonds. The number of nitro groups is 1. The number of nitrogens with one attached hydrogen (secondary N) is 1. The van der Waals surface area contributed by atoms with Gasteiger partial charge in [0.05, 0.1) is 22.8 Å². The fourth-order valence-corrected chi connectivity index (χ4v) is 3.98. The van der Waals surface area contributed by atoms with Crippen LogP contribution < -0.4 is 5.32 Å². The molecule has 1 fully saturated rings. The van der Waals surface area contributed by atoms with Crippen LogP contribution in [0.3, 0.4) is 0 Å². The van der Waals surface area contributed by atoms with Crippen LogP contribution in [0.2, 0.25) is 0 Å². The SMILES string of the molecule is CCOC1CC(NC(=O)c2cc([N+](=O)[O-])c3nsnc3c2)(C(=O)O)C1(C)C. The van der Waals surface area contributed by atoms with Crippen LogP contribution in [0, 0.1) is 15.5 Å². The number of carbonyl (C=O) groups is 2. The number of non-ortho nitro benzene ring substituents is 1. The molecule has 2 aromatic rings. The molecule has 0 radical (unpaired) electrons. The van der Waals surface area contributed by atoms with Gasteiger partial charge in [0.1, 0.15) is 11.1 Å². The summed E-state index contributed by atoms with van der Waals surface area (Å²) in [4.78, 5) is 35.4. The van der Waals surface area contributed by atoms with Crippen LogP contribution in [-0.2, 0) is 9.53 Å². The molecule has 2 N–H and O–H groups in total. The van der Waals surface area contributed by atoms with Crippen LogP contribution in [0.5, 0.6) is 0 Å². The van der Waals surface area contributed by atoms with Crippen molar-refractivity contribution in [2.45, 2.75) is 38.8 Å². The molecule has 10 nitrogen and oxygen atoms in total. The van der Waals surface area contributed by atoms with Crippen LogP contribution >= 0.6 is 11.7 Å². The molecule has 27 heavy (non-hydrogen) atoms. The monoisotopic (exact) mass is 394 g/mol. The maximum Gasteiger partial charge on any atom is 0.330 e. The van der Waals surface area contributed by atoms with Gasteiger partial charge >= 0.3 is 5.97 Å². The highest BCUT2D eigenvalue weighted by Crippen LogP contribution is 2.51. The molecule has 1 aromatic heterocycles. The Bertz CT molecular complexity index is 942. The van der Waals surface area contributed by atoms with E-state index in [9.17, 15) is 24.8 Å². The largest absolute Gasteiger partial charge is 0.479 e. The van der Waals surface area contributed by atoms with Crippen LogP contribution in [0.1, 0.15) is 37.6 Å². The zero-order chi connectivity index (χ0) is 20.0. The molecule has 11 heteroatoms. The number of nitrogens with zero attached hydrogens (tertiary/aromatic N) is 3. The molecule has 0 saturated heterocycles. The molecule has 1 aliphatic rings. The summed E-state index contributed by atoms with van der Waals surface area (Å²) in [6, 6.07) is 2.45. The van der Waals surface area contributed by atoms with Crippen LogP contribution in [-0.4, -0.2) is 48.9 Å². The lowest BCUT2D eigenvalue weighted by atomic mass is 9.54. The third-order valence-corrected chi connectivity index (χ3v) is 5.80. The highest BCUT2D eigenvalue weighted by Gasteiger charge is 2.66. The molecule has 2 atom stereocenters. The summed E-state index contributed by atoms with van der Waals surface area (Å²) in [5.74, 6) is -1.90. The van der Waals surface area contributed by atoms with Crippen molar-refractivity contribution in [1.82, 2.24) is 14.1 Å². The second-order valence-electron chi connectivity index (χ2n) is 6.92. The lowest BCUT2D eigenvalue weighted by molar-refractivity contribution is -0.383. The van der Waals surface area contributed by atoms with Crippen molar-refractivity contribution < 1.29 is 24.4 Å². The average Bonchev–Trinajstić information content (AvgIpc) is 3.07. The molecule has 2 unspecified atom stereocenters. The Morgan fingerprint density at radius 3 is 2.70 bits per heavy atom. The summed E-state index contributed by atoms with van der Waals surface area (Å²) < 4.78 is 13.4. The van der Waals surface area contributed by atoms with E-state index in [1.54, 1.807) is 13.8 Å². The first-order valence-corrected chi connectivity index (χ1v) is 8.95. The highest BCUT2D eigenvalue weighted by molar-refractivity contribution is 7.00. The lowest BCUT2D eigenvalue weighted by Crippen LogP contribution is -2.76. The summed E-state index contributed by atoms with van der Waals surface area (Å²) in [6.45, 7) is 5.66. The van der Waals surface area contributed by atoms with E-state index in [0.29, 0.717) is 6.61 Å². The molecule has 144 valence electrons. The smallest absolute Gasteiger partial charge is 0.330 e. The fourth-order valence-electron chi connectivity index (χ4n) is 3.45. The molecule has 1 saturated carbocycles. The Kier molecular flexibility index (Phi) is 4.60. The third-order valence-electron chi connectivity index (χ3n) is 5.26. The van der Waals surface area contributed by atoms with Gasteiger partial charge in [-0.25, -0.2) is 4.79 Å². The van der Waals surface area contributed by atoms with Gasteiger partial charge < -0.3 is 15.2 Å². The number of fused-ring (bicyclic) bond motifs is 1. The van der Waals surface area contributed by atoms with E-state index in [2.05, 4.69) is 14.1 Å². The first-order chi connectivity index (χ1) is 12.6. The van der Waals surface area contributed by atoms with E-state index in [4.69, 9.17) is 4.74 Å². The first-order valence-electron chi connectivity index (χ1n) is 8.22. The number of carboxylic acid groups (broad SMARTS) is 1. The van der Waals surface area contributed by atoms with E-state index in [-0.39, 0.29) is 34.8 Å². The van der Waals surface area contributed by atoms with E-state index in [0.717, 1.165) is 17.8 Å². The topological polar surface area (TPSA) is 145 Å². The number of nitro benzene ring substituents is 1. The summed E-state index contributed by atoms with van der Waals surface area (Å²) in [5, 5.41) is 23.6. The van der Waals surface area contributed by atoms with Crippen molar-refractivity contribution in [1.29, 1.82) is 0 Å². The predicted octanol–water partition coefficient (Wildman–Crippen LogP) is 1.99. The van der Waals surface area contributed by atoms with Gasteiger partial charge in [-0.2, -0.15) is 8.75 Å². The molecule has 3 rings (SSSR count). The van der Waals surface area contributed by atoms with Crippen molar-refractivity contribution >= 4 is 40.3 Å². The van der Waals surface area contributed by atoms with Crippen LogP contribution in [0.4, 0.5) is 5.69 Å². The number of carboxylic acids is 1. The van der Waals surface area contributed by atoms with Crippen molar-refractivity contribution in [3.63, 3.8) is 0 Å². The zero-order valence-corrected chi connectivity index (χ0v) is 15.7. The number of carbonyl (C=O) groups excluding carboxylic acids is 1. The molecule has 1 heterocycles. The number of amides is 1. The van der Waals surface area contributed by atoms with E-state index < -0.39 is 27.8 Å². The molecule has 1 aliphatic carbocycles. The molecule has 0 spiro atoms. The minimum atomic E-state index is -1.53. The van der Waals surface area contributed by atoms with Crippen molar-refractivity contribution in [3.05, 3.63) is 27.8 Å². The molecular weight excluding hydrogens is 376 g/mol. The van der Waals surface area contributed by atoms with Gasteiger partial charge in [-0.05, 0) is 13.0 Å². The van der Waals surface area contributed by atoms with Gasteiger partial charge in [0.2, 0.25) is 0 Å². The maximum absolute atomic E-state index is 12.8. The minimum absolute atomic E-state index is 0.0433. The van der Waals surface area contributed by atoms with Crippen molar-refractivity contribution in [2.24, 2.45) is 5.41 Å². The number of aliphatic carboxylic acids is 1.